The minimum absolute atomic E-state index is 0.117. The van der Waals surface area contributed by atoms with Gasteiger partial charge in [-0.15, -0.1) is 0 Å². The van der Waals surface area contributed by atoms with Crippen LogP contribution < -0.4 is 0 Å². The normalized spacial score (nSPS) is 16.9. The molecule has 0 bridgehead atoms. The number of amides is 2. The number of benzene rings is 3. The number of hydrogen-bond donors (Lipinski definition) is 0. The average molecular weight is 567 g/mol. The van der Waals surface area contributed by atoms with Gasteiger partial charge in [0.1, 0.15) is 5.82 Å². The Labute approximate surface area is 235 Å². The highest BCUT2D eigenvalue weighted by Gasteiger charge is 2.40. The predicted molar refractivity (Wildman–Crippen MR) is 146 cm³/mol. The van der Waals surface area contributed by atoms with Crippen LogP contribution in [0.3, 0.4) is 0 Å². The van der Waals surface area contributed by atoms with E-state index in [-0.39, 0.29) is 36.0 Å². The average Bonchev–Trinajstić information content (AvgIpc) is 3.58. The minimum Gasteiger partial charge on any atom is -0.340 e. The van der Waals surface area contributed by atoms with E-state index in [4.69, 9.17) is 27.7 Å². The maximum absolute atomic E-state index is 13.5. The summed E-state index contributed by atoms with van der Waals surface area (Å²) < 4.78 is 18.5. The number of carbonyl (C=O) groups excluding carboxylic acids is 2. The molecule has 2 heterocycles. The van der Waals surface area contributed by atoms with Gasteiger partial charge >= 0.3 is 0 Å². The molecule has 0 N–H and O–H groups in total. The standard InChI is InChI=1S/C29H25Cl2FN4O3/c1-17-33-28(39-34-17)19-5-7-20(8-6-19)29(38)36-15-23(21-9-12-24(30)25(31)14-21)26(16-36)35(2)27(37)13-18-3-10-22(32)11-4-18/h3-12,14,23,26H,13,15-16H2,1-2H3/t23-,26+/m1/s1. The van der Waals surface area contributed by atoms with Gasteiger partial charge in [-0.2, -0.15) is 4.98 Å². The van der Waals surface area contributed by atoms with E-state index in [1.54, 1.807) is 72.3 Å². The molecule has 3 aromatic carbocycles. The van der Waals surface area contributed by atoms with Crippen LogP contribution in [-0.4, -0.2) is 57.9 Å². The van der Waals surface area contributed by atoms with Crippen LogP contribution in [0.1, 0.15) is 33.2 Å². The molecule has 10 heteroatoms. The number of aryl methyl sites for hydroxylation is 1. The van der Waals surface area contributed by atoms with Crippen molar-refractivity contribution in [1.82, 2.24) is 19.9 Å². The summed E-state index contributed by atoms with van der Waals surface area (Å²) in [5, 5.41) is 4.64. The lowest BCUT2D eigenvalue weighted by atomic mass is 9.93. The van der Waals surface area contributed by atoms with Gasteiger partial charge in [0, 0.05) is 37.2 Å². The van der Waals surface area contributed by atoms with Crippen molar-refractivity contribution >= 4 is 35.0 Å². The SMILES string of the molecule is Cc1noc(-c2ccc(C(=O)N3C[C@H](c4ccc(Cl)c(Cl)c4)[C@@H](N(C)C(=O)Cc4ccc(F)cc4)C3)cc2)n1. The summed E-state index contributed by atoms with van der Waals surface area (Å²) in [5.74, 6) is 0.0738. The van der Waals surface area contributed by atoms with Gasteiger partial charge in [0.15, 0.2) is 5.82 Å². The van der Waals surface area contributed by atoms with Gasteiger partial charge in [-0.25, -0.2) is 4.39 Å². The summed E-state index contributed by atoms with van der Waals surface area (Å²) in [6, 6.07) is 17.9. The van der Waals surface area contributed by atoms with Crippen LogP contribution in [0.15, 0.2) is 71.3 Å². The first-order valence-electron chi connectivity index (χ1n) is 12.3. The molecule has 39 heavy (non-hydrogen) atoms. The highest BCUT2D eigenvalue weighted by atomic mass is 35.5. The van der Waals surface area contributed by atoms with Crippen molar-refractivity contribution in [1.29, 1.82) is 0 Å². The van der Waals surface area contributed by atoms with Crippen molar-refractivity contribution in [3.63, 3.8) is 0 Å². The van der Waals surface area contributed by atoms with Crippen molar-refractivity contribution in [2.45, 2.75) is 25.3 Å². The van der Waals surface area contributed by atoms with Gasteiger partial charge in [0.2, 0.25) is 5.91 Å². The lowest BCUT2D eigenvalue weighted by Gasteiger charge is -2.29. The molecule has 0 spiro atoms. The van der Waals surface area contributed by atoms with Crippen LogP contribution >= 0.6 is 23.2 Å². The number of likely N-dealkylation sites (tertiary alicyclic amines) is 1. The lowest BCUT2D eigenvalue weighted by Crippen LogP contribution is -2.42. The number of halogens is 3. The highest BCUT2D eigenvalue weighted by Crippen LogP contribution is 2.35. The molecular weight excluding hydrogens is 542 g/mol. The largest absolute Gasteiger partial charge is 0.340 e. The number of nitrogens with zero attached hydrogens (tertiary/aromatic N) is 4. The van der Waals surface area contributed by atoms with Gasteiger partial charge in [0.05, 0.1) is 22.5 Å². The van der Waals surface area contributed by atoms with Gasteiger partial charge in [-0.1, -0.05) is 46.6 Å². The Bertz CT molecular complexity index is 1510. The summed E-state index contributed by atoms with van der Waals surface area (Å²) in [6.07, 6.45) is 0.117. The fraction of sp³-hybridized carbons (Fsp3) is 0.241. The second kappa shape index (κ2) is 11.2. The second-order valence-corrected chi connectivity index (χ2v) is 10.4. The Morgan fingerprint density at radius 1 is 1.03 bits per heavy atom. The van der Waals surface area contributed by atoms with E-state index in [0.29, 0.717) is 51.5 Å². The Morgan fingerprint density at radius 2 is 1.74 bits per heavy atom. The molecule has 2 amide bonds. The zero-order valence-corrected chi connectivity index (χ0v) is 22.8. The van der Waals surface area contributed by atoms with E-state index >= 15 is 0 Å². The van der Waals surface area contributed by atoms with E-state index in [1.165, 1.54) is 12.1 Å². The number of likely N-dealkylation sites (N-methyl/N-ethyl adjacent to an activating group) is 1. The molecule has 5 rings (SSSR count). The first-order chi connectivity index (χ1) is 18.7. The Morgan fingerprint density at radius 3 is 2.38 bits per heavy atom. The predicted octanol–water partition coefficient (Wildman–Crippen LogP) is 5.80. The van der Waals surface area contributed by atoms with Crippen molar-refractivity contribution < 1.29 is 18.5 Å². The Kier molecular flexibility index (Phi) is 7.68. The van der Waals surface area contributed by atoms with Gasteiger partial charge in [-0.3, -0.25) is 9.59 Å². The number of carbonyl (C=O) groups is 2. The minimum atomic E-state index is -0.357. The summed E-state index contributed by atoms with van der Waals surface area (Å²) in [7, 11) is 1.73. The van der Waals surface area contributed by atoms with Crippen LogP contribution in [0.4, 0.5) is 4.39 Å². The molecule has 1 aliphatic heterocycles. The third kappa shape index (κ3) is 5.82. The van der Waals surface area contributed by atoms with E-state index in [2.05, 4.69) is 10.1 Å². The second-order valence-electron chi connectivity index (χ2n) is 9.59. The molecule has 4 aromatic rings. The fourth-order valence-electron chi connectivity index (χ4n) is 4.85. The third-order valence-electron chi connectivity index (χ3n) is 7.01. The van der Waals surface area contributed by atoms with Crippen molar-refractivity contribution in [2.24, 2.45) is 0 Å². The van der Waals surface area contributed by atoms with Crippen LogP contribution in [0.25, 0.3) is 11.5 Å². The first-order valence-corrected chi connectivity index (χ1v) is 13.1. The van der Waals surface area contributed by atoms with Crippen molar-refractivity contribution in [3.05, 3.63) is 105 Å². The van der Waals surface area contributed by atoms with Crippen LogP contribution in [-0.2, 0) is 11.2 Å². The number of hydrogen-bond acceptors (Lipinski definition) is 5. The summed E-state index contributed by atoms with van der Waals surface area (Å²) in [6.45, 7) is 2.46. The van der Waals surface area contributed by atoms with Crippen molar-refractivity contribution in [3.8, 4) is 11.5 Å². The molecule has 0 unspecified atom stereocenters. The molecule has 1 saturated heterocycles. The molecule has 1 fully saturated rings. The van der Waals surface area contributed by atoms with Gasteiger partial charge < -0.3 is 14.3 Å². The molecular formula is C29H25Cl2FN4O3. The molecule has 1 aliphatic rings. The molecule has 0 aliphatic carbocycles. The molecule has 0 saturated carbocycles. The summed E-state index contributed by atoms with van der Waals surface area (Å²) in [5.41, 5.74) is 2.81. The van der Waals surface area contributed by atoms with Gasteiger partial charge in [0.25, 0.3) is 11.8 Å². The quantitative estimate of drug-likeness (QED) is 0.294. The van der Waals surface area contributed by atoms with Gasteiger partial charge in [-0.05, 0) is 66.6 Å². The Hall–Kier alpha value is -3.75. The summed E-state index contributed by atoms with van der Waals surface area (Å²) >= 11 is 12.5. The van der Waals surface area contributed by atoms with E-state index in [9.17, 15) is 14.0 Å². The molecule has 2 atom stereocenters. The zero-order valence-electron chi connectivity index (χ0n) is 21.3. The van der Waals surface area contributed by atoms with Crippen LogP contribution in [0, 0.1) is 12.7 Å². The highest BCUT2D eigenvalue weighted by molar-refractivity contribution is 6.42. The fourth-order valence-corrected chi connectivity index (χ4v) is 5.16. The van der Waals surface area contributed by atoms with Crippen LogP contribution in [0.2, 0.25) is 10.0 Å². The van der Waals surface area contributed by atoms with Crippen LogP contribution in [0.5, 0.6) is 0 Å². The molecule has 7 nitrogen and oxygen atoms in total. The maximum Gasteiger partial charge on any atom is 0.257 e. The molecule has 200 valence electrons. The molecule has 0 radical (unpaired) electrons. The zero-order chi connectivity index (χ0) is 27.7. The van der Waals surface area contributed by atoms with E-state index < -0.39 is 0 Å². The number of rotatable bonds is 6. The van der Waals surface area contributed by atoms with E-state index in [1.807, 2.05) is 6.07 Å². The smallest absolute Gasteiger partial charge is 0.257 e. The summed E-state index contributed by atoms with van der Waals surface area (Å²) in [4.78, 5) is 34.4. The topological polar surface area (TPSA) is 79.5 Å². The lowest BCUT2D eigenvalue weighted by molar-refractivity contribution is -0.131. The molecule has 1 aromatic heterocycles. The Balaban J connectivity index is 1.38. The maximum atomic E-state index is 13.5. The van der Waals surface area contributed by atoms with Crippen molar-refractivity contribution in [2.75, 3.05) is 20.1 Å². The third-order valence-corrected chi connectivity index (χ3v) is 7.75. The van der Waals surface area contributed by atoms with E-state index in [0.717, 1.165) is 5.56 Å². The number of aromatic nitrogens is 2. The monoisotopic (exact) mass is 566 g/mol. The first kappa shape index (κ1) is 26.8.